The molecule has 0 aliphatic carbocycles. The Morgan fingerprint density at radius 2 is 2.00 bits per heavy atom. The van der Waals surface area contributed by atoms with Crippen molar-refractivity contribution in [2.75, 3.05) is 6.61 Å². The van der Waals surface area contributed by atoms with Crippen LogP contribution in [-0.2, 0) is 25.8 Å². The molecule has 1 aromatic carbocycles. The Kier molecular flexibility index (Phi) is 6.17. The van der Waals surface area contributed by atoms with Gasteiger partial charge >= 0.3 is 0 Å². The van der Waals surface area contributed by atoms with E-state index in [1.54, 1.807) is 0 Å². The first kappa shape index (κ1) is 14.7. The predicted molar refractivity (Wildman–Crippen MR) is 59.8 cm³/mol. The summed E-state index contributed by atoms with van der Waals surface area (Å²) >= 11 is 0. The predicted octanol–water partition coefficient (Wildman–Crippen LogP) is 3.57. The molecule has 0 aromatic heterocycles. The molecule has 0 saturated heterocycles. The molecule has 2 rings (SSSR count). The molecule has 1 nitrogen and oxygen atoms in total. The van der Waals surface area contributed by atoms with Crippen LogP contribution < -0.4 is 4.74 Å². The number of benzene rings is 1. The van der Waals surface area contributed by atoms with Gasteiger partial charge in [0.25, 0.3) is 0 Å². The first-order chi connectivity index (χ1) is 6.70. The summed E-state index contributed by atoms with van der Waals surface area (Å²) in [5.41, 5.74) is 1.54. The molecule has 1 radical (unpaired) electrons. The Labute approximate surface area is 107 Å². The van der Waals surface area contributed by atoms with Crippen molar-refractivity contribution in [2.45, 2.75) is 39.5 Å². The van der Waals surface area contributed by atoms with E-state index in [0.717, 1.165) is 18.8 Å². The van der Waals surface area contributed by atoms with Gasteiger partial charge in [-0.1, -0.05) is 27.7 Å². The Bertz CT molecular complexity index is 294. The van der Waals surface area contributed by atoms with Crippen molar-refractivity contribution < 1.29 is 25.2 Å². The topological polar surface area (TPSA) is 9.23 Å². The second kappa shape index (κ2) is 6.31. The number of hydrogen-bond acceptors (Lipinski definition) is 1. The molecule has 1 aliphatic heterocycles. The largest absolute Gasteiger partial charge is 0.519 e. The van der Waals surface area contributed by atoms with E-state index in [0.29, 0.717) is 0 Å². The number of fused-ring (bicyclic) bond motifs is 1. The van der Waals surface area contributed by atoms with Gasteiger partial charge in [-0.25, -0.2) is 0 Å². The summed E-state index contributed by atoms with van der Waals surface area (Å²) in [6.07, 6.45) is 1.10. The molecular formula is C13H19ORe-. The summed E-state index contributed by atoms with van der Waals surface area (Å²) in [5.74, 6) is 0.939. The van der Waals surface area contributed by atoms with Crippen LogP contribution in [0, 0.1) is 6.07 Å². The van der Waals surface area contributed by atoms with Gasteiger partial charge in [-0.15, -0.1) is 11.6 Å². The number of para-hydroxylation sites is 1. The van der Waals surface area contributed by atoms with Crippen LogP contribution in [0.25, 0.3) is 0 Å². The minimum atomic E-state index is 0. The third-order valence-corrected chi connectivity index (χ3v) is 2.52. The van der Waals surface area contributed by atoms with Gasteiger partial charge < -0.3 is 4.74 Å². The zero-order chi connectivity index (χ0) is 10.6. The average molecular weight is 378 g/mol. The maximum Gasteiger partial charge on any atom is 0.0849 e. The van der Waals surface area contributed by atoms with E-state index in [2.05, 4.69) is 26.0 Å². The normalized spacial score (nSPS) is 16.0. The van der Waals surface area contributed by atoms with Crippen LogP contribution in [0.3, 0.4) is 0 Å². The molecular weight excluding hydrogens is 358 g/mol. The van der Waals surface area contributed by atoms with Crippen molar-refractivity contribution in [2.24, 2.45) is 0 Å². The van der Waals surface area contributed by atoms with Gasteiger partial charge in [-0.05, 0) is 11.8 Å². The van der Waals surface area contributed by atoms with Gasteiger partial charge in [0.15, 0.2) is 0 Å². The molecule has 0 amide bonds. The number of hydrogen-bond donors (Lipinski definition) is 0. The van der Waals surface area contributed by atoms with Crippen LogP contribution in [-0.4, -0.2) is 6.61 Å². The zero-order valence-electron chi connectivity index (χ0n) is 9.93. The fourth-order valence-corrected chi connectivity index (χ4v) is 1.62. The molecule has 1 aliphatic rings. The third-order valence-electron chi connectivity index (χ3n) is 2.52. The van der Waals surface area contributed by atoms with Crippen LogP contribution >= 0.6 is 0 Å². The van der Waals surface area contributed by atoms with Crippen molar-refractivity contribution in [3.63, 3.8) is 0 Å². The zero-order valence-corrected chi connectivity index (χ0v) is 12.6. The summed E-state index contributed by atoms with van der Waals surface area (Å²) in [7, 11) is 0. The summed E-state index contributed by atoms with van der Waals surface area (Å²) in [4.78, 5) is 0. The molecule has 0 N–H and O–H groups in total. The fraction of sp³-hybridized carbons (Fsp3) is 0.538. The Morgan fingerprint density at radius 3 is 2.60 bits per heavy atom. The second-order valence-electron chi connectivity index (χ2n) is 3.90. The van der Waals surface area contributed by atoms with E-state index in [4.69, 9.17) is 4.74 Å². The monoisotopic (exact) mass is 378 g/mol. The van der Waals surface area contributed by atoms with E-state index in [9.17, 15) is 0 Å². The van der Waals surface area contributed by atoms with Crippen LogP contribution in [0.15, 0.2) is 18.2 Å². The van der Waals surface area contributed by atoms with Gasteiger partial charge in [0.05, 0.1) is 6.61 Å². The maximum atomic E-state index is 5.50. The Balaban J connectivity index is 0.000000617. The molecule has 1 heterocycles. The summed E-state index contributed by atoms with van der Waals surface area (Å²) in [6, 6.07) is 9.18. The molecule has 2 heteroatoms. The third kappa shape index (κ3) is 3.33. The van der Waals surface area contributed by atoms with E-state index in [1.165, 1.54) is 5.56 Å². The molecule has 0 atom stereocenters. The SMILES string of the molecule is CC.CC1(C)CCOc2[c-]cccc21.[Re]. The standard InChI is InChI=1S/C11H13O.C2H6.Re/c1-11(2)7-8-12-10-6-4-3-5-9(10)11;1-2;/h3-5H,7-8H2,1-2H3;1-2H3;/q-1;;. The van der Waals surface area contributed by atoms with Crippen molar-refractivity contribution in [1.82, 2.24) is 0 Å². The van der Waals surface area contributed by atoms with Gasteiger partial charge in [-0.2, -0.15) is 18.2 Å². The molecule has 1 aromatic rings. The van der Waals surface area contributed by atoms with E-state index >= 15 is 0 Å². The van der Waals surface area contributed by atoms with Crippen molar-refractivity contribution >= 4 is 0 Å². The van der Waals surface area contributed by atoms with Crippen LogP contribution in [0.5, 0.6) is 5.75 Å². The van der Waals surface area contributed by atoms with Crippen molar-refractivity contribution in [3.05, 3.63) is 29.8 Å². The molecule has 0 spiro atoms. The van der Waals surface area contributed by atoms with E-state index in [-0.39, 0.29) is 25.8 Å². The minimum Gasteiger partial charge on any atom is -0.519 e. The maximum absolute atomic E-state index is 5.50. The van der Waals surface area contributed by atoms with E-state index in [1.807, 2.05) is 26.0 Å². The fourth-order valence-electron chi connectivity index (χ4n) is 1.62. The first-order valence-electron chi connectivity index (χ1n) is 5.34. The van der Waals surface area contributed by atoms with Gasteiger partial charge in [0.1, 0.15) is 0 Å². The summed E-state index contributed by atoms with van der Waals surface area (Å²) in [6.45, 7) is 9.32. The van der Waals surface area contributed by atoms with Gasteiger partial charge in [0, 0.05) is 26.2 Å². The second-order valence-corrected chi connectivity index (χ2v) is 3.90. The Morgan fingerprint density at radius 1 is 1.33 bits per heavy atom. The molecule has 0 fully saturated rings. The molecule has 85 valence electrons. The van der Waals surface area contributed by atoms with Crippen LogP contribution in [0.4, 0.5) is 0 Å². The first-order valence-corrected chi connectivity index (χ1v) is 5.34. The average Bonchev–Trinajstić information content (AvgIpc) is 2.21. The minimum absolute atomic E-state index is 0. The summed E-state index contributed by atoms with van der Waals surface area (Å²) < 4.78 is 5.50. The molecule has 0 unspecified atom stereocenters. The summed E-state index contributed by atoms with van der Waals surface area (Å²) in [5, 5.41) is 0. The van der Waals surface area contributed by atoms with Crippen LogP contribution in [0.1, 0.15) is 39.7 Å². The molecule has 15 heavy (non-hydrogen) atoms. The Hall–Kier alpha value is -0.318. The number of rotatable bonds is 0. The van der Waals surface area contributed by atoms with Crippen molar-refractivity contribution in [3.8, 4) is 5.75 Å². The quantitative estimate of drug-likeness (QED) is 0.628. The molecule has 0 saturated carbocycles. The van der Waals surface area contributed by atoms with Gasteiger partial charge in [0.2, 0.25) is 0 Å². The smallest absolute Gasteiger partial charge is 0.0849 e. The van der Waals surface area contributed by atoms with Crippen LogP contribution in [0.2, 0.25) is 0 Å². The van der Waals surface area contributed by atoms with Crippen molar-refractivity contribution in [1.29, 1.82) is 0 Å². The van der Waals surface area contributed by atoms with E-state index < -0.39 is 0 Å². The molecule has 0 bridgehead atoms. The van der Waals surface area contributed by atoms with Gasteiger partial charge in [-0.3, -0.25) is 0 Å². The number of ether oxygens (including phenoxy) is 1.